The molecular weight excluding hydrogens is 234 g/mol. The van der Waals surface area contributed by atoms with Crippen LogP contribution < -0.4 is 0 Å². The number of imidazole rings is 1. The van der Waals surface area contributed by atoms with E-state index < -0.39 is 11.6 Å². The molecule has 2 aromatic carbocycles. The van der Waals surface area contributed by atoms with Crippen LogP contribution in [0, 0.1) is 18.6 Å². The van der Waals surface area contributed by atoms with Crippen molar-refractivity contribution >= 4 is 11.0 Å². The van der Waals surface area contributed by atoms with Crippen LogP contribution in [0.1, 0.15) is 5.82 Å². The van der Waals surface area contributed by atoms with Crippen LogP contribution in [0.2, 0.25) is 0 Å². The van der Waals surface area contributed by atoms with Gasteiger partial charge in [-0.25, -0.2) is 13.8 Å². The Hall–Kier alpha value is -2.23. The van der Waals surface area contributed by atoms with Gasteiger partial charge in [0.25, 0.3) is 0 Å². The second kappa shape index (κ2) is 3.91. The molecule has 0 bridgehead atoms. The smallest absolute Gasteiger partial charge is 0.128 e. The highest BCUT2D eigenvalue weighted by Gasteiger charge is 2.10. The Bertz CT molecular complexity index is 711. The van der Waals surface area contributed by atoms with Crippen molar-refractivity contribution in [3.63, 3.8) is 0 Å². The van der Waals surface area contributed by atoms with Gasteiger partial charge in [0.15, 0.2) is 0 Å². The van der Waals surface area contributed by atoms with Crippen LogP contribution in [0.5, 0.6) is 0 Å². The highest BCUT2D eigenvalue weighted by Crippen LogP contribution is 2.22. The van der Waals surface area contributed by atoms with Crippen molar-refractivity contribution in [3.05, 3.63) is 59.9 Å². The van der Waals surface area contributed by atoms with Crippen LogP contribution in [0.15, 0.2) is 42.5 Å². The number of benzene rings is 2. The fraction of sp³-hybridized carbons (Fsp3) is 0.0714. The number of fused-ring (bicyclic) bond motifs is 1. The summed E-state index contributed by atoms with van der Waals surface area (Å²) in [6.45, 7) is 1.81. The van der Waals surface area contributed by atoms with E-state index in [1.54, 1.807) is 4.57 Å². The maximum absolute atomic E-state index is 13.3. The molecule has 0 amide bonds. The van der Waals surface area contributed by atoms with Gasteiger partial charge in [-0.05, 0) is 31.2 Å². The van der Waals surface area contributed by atoms with E-state index in [1.807, 2.05) is 31.2 Å². The molecule has 0 N–H and O–H groups in total. The van der Waals surface area contributed by atoms with E-state index >= 15 is 0 Å². The number of nitrogens with zero attached hydrogens (tertiary/aromatic N) is 2. The summed E-state index contributed by atoms with van der Waals surface area (Å²) in [6.07, 6.45) is 0. The molecule has 18 heavy (non-hydrogen) atoms. The van der Waals surface area contributed by atoms with Crippen LogP contribution >= 0.6 is 0 Å². The zero-order valence-electron chi connectivity index (χ0n) is 9.69. The summed E-state index contributed by atoms with van der Waals surface area (Å²) < 4.78 is 28.3. The molecule has 1 aromatic heterocycles. The van der Waals surface area contributed by atoms with Crippen molar-refractivity contribution in [2.45, 2.75) is 6.92 Å². The minimum absolute atomic E-state index is 0.443. The molecule has 0 saturated carbocycles. The Morgan fingerprint density at radius 3 is 2.39 bits per heavy atom. The summed E-state index contributed by atoms with van der Waals surface area (Å²) in [5, 5.41) is 0. The second-order valence-corrected chi connectivity index (χ2v) is 4.11. The Morgan fingerprint density at radius 1 is 1.00 bits per heavy atom. The number of hydrogen-bond acceptors (Lipinski definition) is 1. The van der Waals surface area contributed by atoms with E-state index in [0.29, 0.717) is 11.5 Å². The Morgan fingerprint density at radius 2 is 1.67 bits per heavy atom. The maximum atomic E-state index is 13.3. The largest absolute Gasteiger partial charge is 0.296 e. The van der Waals surface area contributed by atoms with E-state index in [-0.39, 0.29) is 0 Å². The first kappa shape index (κ1) is 10.9. The molecular formula is C14H10F2N2. The lowest BCUT2D eigenvalue weighted by Gasteiger charge is -2.07. The van der Waals surface area contributed by atoms with Crippen LogP contribution in [-0.2, 0) is 0 Å². The molecule has 0 aliphatic rings. The summed E-state index contributed by atoms with van der Waals surface area (Å²) in [7, 11) is 0. The number of halogens is 2. The molecule has 90 valence electrons. The molecule has 1 heterocycles. The van der Waals surface area contributed by atoms with Crippen molar-refractivity contribution in [1.82, 2.24) is 9.55 Å². The van der Waals surface area contributed by atoms with Gasteiger partial charge in [-0.15, -0.1) is 0 Å². The van der Waals surface area contributed by atoms with Gasteiger partial charge in [-0.3, -0.25) is 4.57 Å². The fourth-order valence-electron chi connectivity index (χ4n) is 2.14. The van der Waals surface area contributed by atoms with Crippen LogP contribution in [0.4, 0.5) is 8.78 Å². The van der Waals surface area contributed by atoms with Crippen LogP contribution in [-0.4, -0.2) is 9.55 Å². The van der Waals surface area contributed by atoms with Gasteiger partial charge in [-0.1, -0.05) is 12.1 Å². The van der Waals surface area contributed by atoms with E-state index in [9.17, 15) is 8.78 Å². The average Bonchev–Trinajstić information content (AvgIpc) is 2.63. The van der Waals surface area contributed by atoms with Gasteiger partial charge in [-0.2, -0.15) is 0 Å². The standard InChI is InChI=1S/C14H10F2N2/c1-9-17-13-4-2-3-5-14(13)18(9)12-7-10(15)6-11(16)8-12/h2-8H,1H3. The molecule has 0 radical (unpaired) electrons. The molecule has 0 aliphatic carbocycles. The molecule has 0 aliphatic heterocycles. The van der Waals surface area contributed by atoms with Crippen molar-refractivity contribution < 1.29 is 8.78 Å². The third kappa shape index (κ3) is 1.66. The lowest BCUT2D eigenvalue weighted by atomic mass is 10.2. The van der Waals surface area contributed by atoms with E-state index in [1.165, 1.54) is 12.1 Å². The van der Waals surface area contributed by atoms with Gasteiger partial charge in [0.2, 0.25) is 0 Å². The van der Waals surface area contributed by atoms with Crippen LogP contribution in [0.25, 0.3) is 16.7 Å². The Kier molecular flexibility index (Phi) is 2.37. The Balaban J connectivity index is 2.34. The normalized spacial score (nSPS) is 11.1. The average molecular weight is 244 g/mol. The summed E-state index contributed by atoms with van der Waals surface area (Å²) in [5.74, 6) is -0.495. The molecule has 0 spiro atoms. The van der Waals surface area contributed by atoms with Crippen LogP contribution in [0.3, 0.4) is 0 Å². The lowest BCUT2D eigenvalue weighted by Crippen LogP contribution is -1.98. The number of para-hydroxylation sites is 2. The SMILES string of the molecule is Cc1nc2ccccc2n1-c1cc(F)cc(F)c1. The first-order valence-electron chi connectivity index (χ1n) is 5.56. The van der Waals surface area contributed by atoms with Crippen molar-refractivity contribution in [2.24, 2.45) is 0 Å². The lowest BCUT2D eigenvalue weighted by molar-refractivity contribution is 0.581. The van der Waals surface area contributed by atoms with Gasteiger partial charge in [0, 0.05) is 6.07 Å². The molecule has 3 aromatic rings. The molecule has 0 fully saturated rings. The molecule has 0 atom stereocenters. The topological polar surface area (TPSA) is 17.8 Å². The zero-order chi connectivity index (χ0) is 12.7. The molecule has 3 rings (SSSR count). The third-order valence-electron chi connectivity index (χ3n) is 2.83. The molecule has 4 heteroatoms. The Labute approximate surface area is 103 Å². The quantitative estimate of drug-likeness (QED) is 0.639. The van der Waals surface area contributed by atoms with Gasteiger partial charge >= 0.3 is 0 Å². The number of rotatable bonds is 1. The van der Waals surface area contributed by atoms with Gasteiger partial charge < -0.3 is 0 Å². The first-order valence-corrected chi connectivity index (χ1v) is 5.56. The predicted molar refractivity (Wildman–Crippen MR) is 65.7 cm³/mol. The maximum Gasteiger partial charge on any atom is 0.128 e. The van der Waals surface area contributed by atoms with Gasteiger partial charge in [0.1, 0.15) is 17.5 Å². The molecule has 2 nitrogen and oxygen atoms in total. The third-order valence-corrected chi connectivity index (χ3v) is 2.83. The minimum atomic E-state index is -0.595. The minimum Gasteiger partial charge on any atom is -0.296 e. The first-order chi connectivity index (χ1) is 8.65. The predicted octanol–water partition coefficient (Wildman–Crippen LogP) is 3.61. The fourth-order valence-corrected chi connectivity index (χ4v) is 2.14. The highest BCUT2D eigenvalue weighted by molar-refractivity contribution is 5.78. The number of aryl methyl sites for hydroxylation is 1. The number of aromatic nitrogens is 2. The van der Waals surface area contributed by atoms with Crippen molar-refractivity contribution in [2.75, 3.05) is 0 Å². The summed E-state index contributed by atoms with van der Waals surface area (Å²) in [5.41, 5.74) is 2.08. The van der Waals surface area contributed by atoms with E-state index in [2.05, 4.69) is 4.98 Å². The van der Waals surface area contributed by atoms with Crippen molar-refractivity contribution in [1.29, 1.82) is 0 Å². The number of hydrogen-bond donors (Lipinski definition) is 0. The van der Waals surface area contributed by atoms with Crippen molar-refractivity contribution in [3.8, 4) is 5.69 Å². The highest BCUT2D eigenvalue weighted by atomic mass is 19.1. The van der Waals surface area contributed by atoms with Gasteiger partial charge in [0.05, 0.1) is 16.7 Å². The zero-order valence-corrected chi connectivity index (χ0v) is 9.69. The monoisotopic (exact) mass is 244 g/mol. The summed E-state index contributed by atoms with van der Waals surface area (Å²) in [4.78, 5) is 4.37. The van der Waals surface area contributed by atoms with E-state index in [0.717, 1.165) is 17.1 Å². The molecule has 0 saturated heterocycles. The summed E-state index contributed by atoms with van der Waals surface area (Å²) >= 11 is 0. The summed E-state index contributed by atoms with van der Waals surface area (Å²) in [6, 6.07) is 10.9. The molecule has 0 unspecified atom stereocenters. The second-order valence-electron chi connectivity index (χ2n) is 4.11. The van der Waals surface area contributed by atoms with E-state index in [4.69, 9.17) is 0 Å².